The molecule has 1 aliphatic rings. The van der Waals surface area contributed by atoms with E-state index in [1.54, 1.807) is 0 Å². The van der Waals surface area contributed by atoms with Gasteiger partial charge in [0.1, 0.15) is 0 Å². The summed E-state index contributed by atoms with van der Waals surface area (Å²) in [7, 11) is 0. The first-order chi connectivity index (χ1) is 4.44. The van der Waals surface area contributed by atoms with Crippen molar-refractivity contribution in [2.45, 2.75) is 39.7 Å². The van der Waals surface area contributed by atoms with Crippen molar-refractivity contribution < 1.29 is 0 Å². The Morgan fingerprint density at radius 3 is 1.90 bits per heavy atom. The van der Waals surface area contributed by atoms with Crippen molar-refractivity contribution in [1.29, 1.82) is 0 Å². The first-order valence-electron chi connectivity index (χ1n) is 3.83. The van der Waals surface area contributed by atoms with Gasteiger partial charge in [-0.3, -0.25) is 0 Å². The van der Waals surface area contributed by atoms with Gasteiger partial charge in [-0.05, 0) is 0 Å². The van der Waals surface area contributed by atoms with Crippen molar-refractivity contribution in [1.82, 2.24) is 0 Å². The molecular formula is C9H15N. The molecule has 0 amide bonds. The summed E-state index contributed by atoms with van der Waals surface area (Å²) in [5, 5.41) is 0. The van der Waals surface area contributed by atoms with Gasteiger partial charge in [0, 0.05) is 17.8 Å². The molecule has 1 rings (SSSR count). The van der Waals surface area contributed by atoms with E-state index in [9.17, 15) is 0 Å². The van der Waals surface area contributed by atoms with E-state index in [0.29, 0.717) is 5.92 Å². The maximum atomic E-state index is 7.08. The van der Waals surface area contributed by atoms with Gasteiger partial charge in [0.15, 0.2) is 0 Å². The molecule has 1 aliphatic carbocycles. The third-order valence-electron chi connectivity index (χ3n) is 2.77. The highest BCUT2D eigenvalue weighted by molar-refractivity contribution is 5.22. The quantitative estimate of drug-likeness (QED) is 0.452. The van der Waals surface area contributed by atoms with Crippen LogP contribution >= 0.6 is 0 Å². The summed E-state index contributed by atoms with van der Waals surface area (Å²) in [4.78, 5) is 3.73. The Labute approximate surface area is 63.3 Å². The summed E-state index contributed by atoms with van der Waals surface area (Å²) in [6.45, 7) is 15.7. The molecule has 0 aromatic carbocycles. The Balaban J connectivity index is 2.82. The lowest BCUT2D eigenvalue weighted by Crippen LogP contribution is -2.26. The SMILES string of the molecule is [C-]#[N+]C1(C(C)(C)C)CC1C. The minimum Gasteiger partial charge on any atom is -0.310 e. The zero-order valence-electron chi connectivity index (χ0n) is 7.23. The van der Waals surface area contributed by atoms with Gasteiger partial charge in [-0.2, -0.15) is 0 Å². The minimum absolute atomic E-state index is 0.0208. The zero-order valence-corrected chi connectivity index (χ0v) is 7.23. The predicted molar refractivity (Wildman–Crippen MR) is 42.6 cm³/mol. The van der Waals surface area contributed by atoms with E-state index < -0.39 is 0 Å². The largest absolute Gasteiger partial charge is 0.310 e. The third kappa shape index (κ3) is 0.751. The summed E-state index contributed by atoms with van der Waals surface area (Å²) in [5.41, 5.74) is 0.154. The fourth-order valence-corrected chi connectivity index (χ4v) is 1.78. The topological polar surface area (TPSA) is 4.36 Å². The van der Waals surface area contributed by atoms with Crippen LogP contribution in [0.2, 0.25) is 0 Å². The number of hydrogen-bond donors (Lipinski definition) is 0. The summed E-state index contributed by atoms with van der Waals surface area (Å²) in [6.07, 6.45) is 1.10. The van der Waals surface area contributed by atoms with E-state index >= 15 is 0 Å². The first kappa shape index (κ1) is 7.60. The van der Waals surface area contributed by atoms with Crippen LogP contribution < -0.4 is 0 Å². The number of rotatable bonds is 0. The normalized spacial score (nSPS) is 38.9. The van der Waals surface area contributed by atoms with Crippen molar-refractivity contribution in [3.8, 4) is 0 Å². The molecule has 1 fully saturated rings. The molecule has 0 aromatic rings. The van der Waals surface area contributed by atoms with Crippen LogP contribution in [0.15, 0.2) is 0 Å². The molecule has 0 saturated heterocycles. The monoisotopic (exact) mass is 137 g/mol. The second kappa shape index (κ2) is 1.75. The maximum Gasteiger partial charge on any atom is 0.240 e. The van der Waals surface area contributed by atoms with Crippen LogP contribution in [-0.2, 0) is 0 Å². The molecule has 1 heteroatoms. The molecule has 0 heterocycles. The Kier molecular flexibility index (Phi) is 1.33. The lowest BCUT2D eigenvalue weighted by atomic mass is 9.83. The Morgan fingerprint density at radius 1 is 1.50 bits per heavy atom. The molecule has 0 bridgehead atoms. The molecule has 1 nitrogen and oxygen atoms in total. The van der Waals surface area contributed by atoms with Gasteiger partial charge in [-0.15, -0.1) is 0 Å². The van der Waals surface area contributed by atoms with Crippen molar-refractivity contribution >= 4 is 0 Å². The zero-order chi connectivity index (χ0) is 7.99. The average molecular weight is 137 g/mol. The molecule has 0 radical (unpaired) electrons. The summed E-state index contributed by atoms with van der Waals surface area (Å²) >= 11 is 0. The van der Waals surface area contributed by atoms with Gasteiger partial charge in [-0.25, -0.2) is 6.57 Å². The van der Waals surface area contributed by atoms with Gasteiger partial charge in [-0.1, -0.05) is 27.7 Å². The maximum absolute atomic E-state index is 7.08. The molecule has 1 saturated carbocycles. The first-order valence-corrected chi connectivity index (χ1v) is 3.83. The Hall–Kier alpha value is -0.510. The van der Waals surface area contributed by atoms with E-state index in [1.165, 1.54) is 0 Å². The molecule has 0 aliphatic heterocycles. The predicted octanol–water partition coefficient (Wildman–Crippen LogP) is 2.73. The standard InChI is InChI=1S/C9H15N/c1-7-6-9(7,10-5)8(2,3)4/h7H,6H2,1-4H3. The van der Waals surface area contributed by atoms with Crippen LogP contribution in [0.1, 0.15) is 34.1 Å². The van der Waals surface area contributed by atoms with E-state index in [0.717, 1.165) is 6.42 Å². The van der Waals surface area contributed by atoms with Crippen molar-refractivity contribution in [3.05, 3.63) is 11.4 Å². The third-order valence-corrected chi connectivity index (χ3v) is 2.77. The summed E-state index contributed by atoms with van der Waals surface area (Å²) < 4.78 is 0. The Bertz CT molecular complexity index is 182. The van der Waals surface area contributed by atoms with Gasteiger partial charge >= 0.3 is 0 Å². The average Bonchev–Trinajstić information content (AvgIpc) is 2.40. The molecule has 2 unspecified atom stereocenters. The van der Waals surface area contributed by atoms with E-state index in [2.05, 4.69) is 32.5 Å². The van der Waals surface area contributed by atoms with Crippen LogP contribution in [0.25, 0.3) is 4.85 Å². The second-order valence-corrected chi connectivity index (χ2v) is 4.39. The molecule has 56 valence electrons. The van der Waals surface area contributed by atoms with Crippen LogP contribution in [0.4, 0.5) is 0 Å². The molecule has 0 N–H and O–H groups in total. The van der Waals surface area contributed by atoms with Gasteiger partial charge in [0.05, 0.1) is 0 Å². The summed E-state index contributed by atoms with van der Waals surface area (Å²) in [6, 6.07) is 0. The van der Waals surface area contributed by atoms with Crippen LogP contribution in [-0.4, -0.2) is 5.54 Å². The van der Waals surface area contributed by atoms with Gasteiger partial charge < -0.3 is 4.85 Å². The molecule has 2 atom stereocenters. The van der Waals surface area contributed by atoms with Gasteiger partial charge in [0.2, 0.25) is 5.54 Å². The van der Waals surface area contributed by atoms with E-state index in [4.69, 9.17) is 6.57 Å². The number of nitrogens with zero attached hydrogens (tertiary/aromatic N) is 1. The van der Waals surface area contributed by atoms with Crippen LogP contribution in [0, 0.1) is 17.9 Å². The second-order valence-electron chi connectivity index (χ2n) is 4.39. The minimum atomic E-state index is -0.0208. The fraction of sp³-hybridized carbons (Fsp3) is 0.889. The molecule has 10 heavy (non-hydrogen) atoms. The van der Waals surface area contributed by atoms with E-state index in [1.807, 2.05) is 0 Å². The van der Waals surface area contributed by atoms with Crippen LogP contribution in [0.5, 0.6) is 0 Å². The van der Waals surface area contributed by atoms with Crippen molar-refractivity contribution in [2.24, 2.45) is 11.3 Å². The van der Waals surface area contributed by atoms with Crippen LogP contribution in [0.3, 0.4) is 0 Å². The van der Waals surface area contributed by atoms with E-state index in [-0.39, 0.29) is 11.0 Å². The highest BCUT2D eigenvalue weighted by Crippen LogP contribution is 2.57. The van der Waals surface area contributed by atoms with Crippen molar-refractivity contribution in [2.75, 3.05) is 0 Å². The van der Waals surface area contributed by atoms with Gasteiger partial charge in [0.25, 0.3) is 0 Å². The smallest absolute Gasteiger partial charge is 0.240 e. The van der Waals surface area contributed by atoms with Crippen molar-refractivity contribution in [3.63, 3.8) is 0 Å². The molecular weight excluding hydrogens is 122 g/mol. The lowest BCUT2D eigenvalue weighted by molar-refractivity contribution is 0.324. The number of hydrogen-bond acceptors (Lipinski definition) is 0. The molecule has 0 spiro atoms. The molecule has 0 aromatic heterocycles. The Morgan fingerprint density at radius 2 is 1.90 bits per heavy atom. The highest BCUT2D eigenvalue weighted by Gasteiger charge is 2.66. The summed E-state index contributed by atoms with van der Waals surface area (Å²) in [5.74, 6) is 0.616. The lowest BCUT2D eigenvalue weighted by Gasteiger charge is -2.20. The fourth-order valence-electron chi connectivity index (χ4n) is 1.78. The highest BCUT2D eigenvalue weighted by atomic mass is 14.9.